The maximum Gasteiger partial charge on any atom is 0.251 e. The van der Waals surface area contributed by atoms with Gasteiger partial charge in [-0.2, -0.15) is 0 Å². The number of hydrogen-bond donors (Lipinski definition) is 3. The Morgan fingerprint density at radius 3 is 2.51 bits per heavy atom. The molecule has 0 saturated carbocycles. The van der Waals surface area contributed by atoms with Crippen LogP contribution in [0.4, 0.5) is 11.4 Å². The minimum absolute atomic E-state index is 0.115. The van der Waals surface area contributed by atoms with E-state index < -0.39 is 22.2 Å². The SMILES string of the molecule is CCN1CCc2c1cc(C(=O)N[C@@H](Cc1ccccc1)[C@H](O)CNCc1cccc(OC)c1)cc2N1CCCCS1(=O)=O. The highest BCUT2D eigenvalue weighted by Crippen LogP contribution is 2.39. The number of anilines is 2. The van der Waals surface area contributed by atoms with Gasteiger partial charge in [0.2, 0.25) is 10.0 Å². The summed E-state index contributed by atoms with van der Waals surface area (Å²) in [6.07, 6.45) is 1.73. The van der Waals surface area contributed by atoms with E-state index in [0.717, 1.165) is 54.1 Å². The minimum atomic E-state index is -3.45. The van der Waals surface area contributed by atoms with Crippen LogP contribution in [-0.4, -0.2) is 70.6 Å². The van der Waals surface area contributed by atoms with Crippen LogP contribution in [0.3, 0.4) is 0 Å². The van der Waals surface area contributed by atoms with E-state index in [0.29, 0.717) is 37.2 Å². The number of likely N-dealkylation sites (N-methyl/N-ethyl adjacent to an activating group) is 1. The molecule has 2 atom stereocenters. The molecule has 2 aliphatic rings. The van der Waals surface area contributed by atoms with Crippen LogP contribution in [-0.2, 0) is 29.4 Å². The number of carbonyl (C=O) groups is 1. The molecule has 3 aromatic rings. The van der Waals surface area contributed by atoms with Crippen LogP contribution in [0.15, 0.2) is 66.7 Å². The molecule has 0 spiro atoms. The van der Waals surface area contributed by atoms with Crippen molar-refractivity contribution in [2.75, 3.05) is 48.2 Å². The second-order valence-corrected chi connectivity index (χ2v) is 13.3. The molecule has 9 nitrogen and oxygen atoms in total. The van der Waals surface area contributed by atoms with Crippen LogP contribution < -0.4 is 24.6 Å². The Bertz CT molecular complexity index is 1510. The molecule has 0 radical (unpaired) electrons. The molecular formula is C33H42N4O5S. The normalized spacial score (nSPS) is 17.3. The first-order valence-corrected chi connectivity index (χ1v) is 16.7. The molecule has 5 rings (SSSR count). The van der Waals surface area contributed by atoms with Gasteiger partial charge in [-0.25, -0.2) is 8.42 Å². The molecule has 230 valence electrons. The number of carbonyl (C=O) groups excluding carboxylic acids is 1. The molecule has 43 heavy (non-hydrogen) atoms. The van der Waals surface area contributed by atoms with E-state index in [4.69, 9.17) is 4.74 Å². The summed E-state index contributed by atoms with van der Waals surface area (Å²) in [6, 6.07) is 20.5. The largest absolute Gasteiger partial charge is 0.497 e. The van der Waals surface area contributed by atoms with Crippen LogP contribution in [0, 0.1) is 0 Å². The number of methoxy groups -OCH3 is 1. The van der Waals surface area contributed by atoms with E-state index >= 15 is 0 Å². The van der Waals surface area contributed by atoms with Crippen LogP contribution in [0.25, 0.3) is 0 Å². The summed E-state index contributed by atoms with van der Waals surface area (Å²) in [7, 11) is -1.83. The third-order valence-corrected chi connectivity index (χ3v) is 10.2. The van der Waals surface area contributed by atoms with Crippen LogP contribution in [0.1, 0.15) is 46.8 Å². The zero-order valence-corrected chi connectivity index (χ0v) is 25.8. The zero-order valence-electron chi connectivity index (χ0n) is 25.0. The van der Waals surface area contributed by atoms with Gasteiger partial charge in [0.1, 0.15) is 5.75 Å². The smallest absolute Gasteiger partial charge is 0.251 e. The van der Waals surface area contributed by atoms with Gasteiger partial charge in [-0.05, 0) is 68.0 Å². The lowest BCUT2D eigenvalue weighted by Gasteiger charge is -2.31. The predicted molar refractivity (Wildman–Crippen MR) is 171 cm³/mol. The van der Waals surface area contributed by atoms with Crippen molar-refractivity contribution in [2.45, 2.75) is 51.3 Å². The summed E-state index contributed by atoms with van der Waals surface area (Å²) in [5, 5.41) is 17.7. The van der Waals surface area contributed by atoms with Gasteiger partial charge >= 0.3 is 0 Å². The maximum absolute atomic E-state index is 13.9. The van der Waals surface area contributed by atoms with Crippen molar-refractivity contribution in [3.8, 4) is 5.75 Å². The summed E-state index contributed by atoms with van der Waals surface area (Å²) >= 11 is 0. The molecule has 1 saturated heterocycles. The highest BCUT2D eigenvalue weighted by molar-refractivity contribution is 7.92. The molecule has 10 heteroatoms. The van der Waals surface area contributed by atoms with E-state index in [2.05, 4.69) is 22.5 Å². The summed E-state index contributed by atoms with van der Waals surface area (Å²) in [5.41, 5.74) is 4.90. The number of sulfonamides is 1. The van der Waals surface area contributed by atoms with Gasteiger partial charge in [0, 0.05) is 49.5 Å². The third-order valence-electron chi connectivity index (χ3n) is 8.33. The number of benzene rings is 3. The highest BCUT2D eigenvalue weighted by atomic mass is 32.2. The van der Waals surface area contributed by atoms with Crippen LogP contribution in [0.5, 0.6) is 5.75 Å². The van der Waals surface area contributed by atoms with Crippen LogP contribution >= 0.6 is 0 Å². The molecule has 3 aromatic carbocycles. The van der Waals surface area contributed by atoms with E-state index in [1.807, 2.05) is 60.7 Å². The summed E-state index contributed by atoms with van der Waals surface area (Å²) in [5.74, 6) is 0.542. The number of aliphatic hydroxyl groups excluding tert-OH is 1. The van der Waals surface area contributed by atoms with Gasteiger partial charge in [0.05, 0.1) is 30.7 Å². The van der Waals surface area contributed by atoms with Crippen molar-refractivity contribution in [3.05, 3.63) is 89.0 Å². The Kier molecular flexibility index (Phi) is 9.90. The maximum atomic E-state index is 13.9. The van der Waals surface area contributed by atoms with Gasteiger partial charge in [-0.1, -0.05) is 42.5 Å². The van der Waals surface area contributed by atoms with Crippen molar-refractivity contribution >= 4 is 27.3 Å². The molecule has 2 heterocycles. The topological polar surface area (TPSA) is 111 Å². The number of hydrogen-bond acceptors (Lipinski definition) is 7. The average molecular weight is 607 g/mol. The summed E-state index contributed by atoms with van der Waals surface area (Å²) in [4.78, 5) is 16.0. The van der Waals surface area contributed by atoms with Gasteiger partial charge in [-0.15, -0.1) is 0 Å². The number of aliphatic hydroxyl groups is 1. The molecule has 0 aliphatic carbocycles. The van der Waals surface area contributed by atoms with Gasteiger partial charge in [-0.3, -0.25) is 9.10 Å². The van der Waals surface area contributed by atoms with Gasteiger partial charge < -0.3 is 25.4 Å². The van der Waals surface area contributed by atoms with Crippen molar-refractivity contribution in [1.29, 1.82) is 0 Å². The molecule has 1 amide bonds. The summed E-state index contributed by atoms with van der Waals surface area (Å²) in [6.45, 7) is 4.82. The molecule has 3 N–H and O–H groups in total. The highest BCUT2D eigenvalue weighted by Gasteiger charge is 2.33. The standard InChI is InChI=1S/C33H42N4O5S/c1-3-36-16-14-28-30(36)20-26(21-31(28)37-15-7-8-17-43(37,40)41)33(39)35-29(19-24-10-5-4-6-11-24)32(38)23-34-22-25-12-9-13-27(18-25)42-2/h4-6,9-13,18,20-21,29,32,34,38H,3,7-8,14-17,19,22-23H2,1-2H3,(H,35,39)/t29-,32+/m0/s1. The Hall–Kier alpha value is -3.60. The van der Waals surface area contributed by atoms with Gasteiger partial charge in [0.25, 0.3) is 5.91 Å². The molecule has 0 aromatic heterocycles. The number of rotatable bonds is 12. The monoisotopic (exact) mass is 606 g/mol. The number of nitrogens with zero attached hydrogens (tertiary/aromatic N) is 2. The first kappa shape index (κ1) is 30.8. The fourth-order valence-electron chi connectivity index (χ4n) is 5.98. The molecular weight excluding hydrogens is 564 g/mol. The van der Waals surface area contributed by atoms with E-state index in [1.165, 1.54) is 4.31 Å². The Morgan fingerprint density at radius 1 is 1.00 bits per heavy atom. The fraction of sp³-hybridized carbons (Fsp3) is 0.424. The Labute approximate surface area is 254 Å². The predicted octanol–water partition coefficient (Wildman–Crippen LogP) is 3.50. The fourth-order valence-corrected chi connectivity index (χ4v) is 7.64. The Morgan fingerprint density at radius 2 is 1.77 bits per heavy atom. The first-order valence-electron chi connectivity index (χ1n) is 15.1. The minimum Gasteiger partial charge on any atom is -0.497 e. The van der Waals surface area contributed by atoms with E-state index in [9.17, 15) is 18.3 Å². The molecule has 0 bridgehead atoms. The Balaban J connectivity index is 1.38. The van der Waals surface area contributed by atoms with Crippen molar-refractivity contribution in [1.82, 2.24) is 10.6 Å². The number of ether oxygens (including phenoxy) is 1. The lowest BCUT2D eigenvalue weighted by atomic mass is 9.99. The first-order chi connectivity index (χ1) is 20.8. The van der Waals surface area contributed by atoms with Crippen molar-refractivity contribution in [3.63, 3.8) is 0 Å². The van der Waals surface area contributed by atoms with Crippen molar-refractivity contribution < 1.29 is 23.1 Å². The third kappa shape index (κ3) is 7.31. The quantitative estimate of drug-likeness (QED) is 0.290. The molecule has 0 unspecified atom stereocenters. The van der Waals surface area contributed by atoms with E-state index in [1.54, 1.807) is 13.2 Å². The second-order valence-electron chi connectivity index (χ2n) is 11.2. The lowest BCUT2D eigenvalue weighted by molar-refractivity contribution is 0.0830. The van der Waals surface area contributed by atoms with Crippen LogP contribution in [0.2, 0.25) is 0 Å². The summed E-state index contributed by atoms with van der Waals surface area (Å²) < 4.78 is 33.0. The zero-order chi connectivity index (χ0) is 30.4. The molecule has 2 aliphatic heterocycles. The second kappa shape index (κ2) is 13.8. The number of amides is 1. The number of fused-ring (bicyclic) bond motifs is 1. The number of nitrogens with one attached hydrogen (secondary N) is 2. The van der Waals surface area contributed by atoms with Crippen molar-refractivity contribution in [2.24, 2.45) is 0 Å². The lowest BCUT2D eigenvalue weighted by Crippen LogP contribution is -2.48. The van der Waals surface area contributed by atoms with Gasteiger partial charge in [0.15, 0.2) is 0 Å². The average Bonchev–Trinajstić information content (AvgIpc) is 3.44. The van der Waals surface area contributed by atoms with E-state index in [-0.39, 0.29) is 18.2 Å². The molecule has 1 fully saturated rings.